The first-order valence-corrected chi connectivity index (χ1v) is 7.89. The van der Waals surface area contributed by atoms with E-state index in [1.165, 1.54) is 23.9 Å². The summed E-state index contributed by atoms with van der Waals surface area (Å²) in [5.41, 5.74) is 0. The normalized spacial score (nSPS) is 9.90. The van der Waals surface area contributed by atoms with Crippen LogP contribution in [0, 0.1) is 0 Å². The maximum Gasteiger partial charge on any atom is 0.239 e. The van der Waals surface area contributed by atoms with Crippen molar-refractivity contribution in [3.8, 4) is 0 Å². The molecule has 0 aromatic heterocycles. The molecule has 0 aliphatic heterocycles. The van der Waals surface area contributed by atoms with Crippen LogP contribution in [0.25, 0.3) is 0 Å². The van der Waals surface area contributed by atoms with E-state index in [0.717, 1.165) is 9.79 Å². The van der Waals surface area contributed by atoms with Crippen LogP contribution in [0.2, 0.25) is 0 Å². The molecule has 108 valence electrons. The van der Waals surface area contributed by atoms with Gasteiger partial charge in [0.05, 0.1) is 0 Å². The number of amides is 2. The summed E-state index contributed by atoms with van der Waals surface area (Å²) in [4.78, 5) is 25.1. The first kappa shape index (κ1) is 15.5. The molecule has 0 aliphatic carbocycles. The molecule has 0 spiro atoms. The lowest BCUT2D eigenvalue weighted by molar-refractivity contribution is -0.127. The van der Waals surface area contributed by atoms with E-state index in [1.54, 1.807) is 0 Å². The summed E-state index contributed by atoms with van der Waals surface area (Å²) in [5, 5.41) is 0. The summed E-state index contributed by atoms with van der Waals surface area (Å²) < 4.78 is 5.27. The van der Waals surface area contributed by atoms with Crippen molar-refractivity contribution in [3.63, 3.8) is 0 Å². The largest absolute Gasteiger partial charge is 0.296 e. The average molecular weight is 318 g/mol. The van der Waals surface area contributed by atoms with Crippen molar-refractivity contribution in [2.45, 2.75) is 16.2 Å². The fourth-order valence-corrected chi connectivity index (χ4v) is 2.62. The Bertz CT molecular complexity index is 538. The fraction of sp³-hybridized carbons (Fsp3) is 0.0667. The Balaban J connectivity index is 1.69. The van der Waals surface area contributed by atoms with Crippen molar-refractivity contribution in [1.29, 1.82) is 0 Å². The zero-order chi connectivity index (χ0) is 14.9. The lowest BCUT2D eigenvalue weighted by Gasteiger charge is -2.05. The highest BCUT2D eigenvalue weighted by molar-refractivity contribution is 7.98. The third kappa shape index (κ3) is 5.93. The van der Waals surface area contributed by atoms with Gasteiger partial charge in [0.15, 0.2) is 0 Å². The van der Waals surface area contributed by atoms with E-state index in [4.69, 9.17) is 0 Å². The molecule has 2 N–H and O–H groups in total. The van der Waals surface area contributed by atoms with Crippen LogP contribution in [0.3, 0.4) is 0 Å². The number of nitrogens with one attached hydrogen (secondary N) is 2. The van der Waals surface area contributed by atoms with Gasteiger partial charge in [0, 0.05) is 9.79 Å². The van der Waals surface area contributed by atoms with Gasteiger partial charge in [-0.2, -0.15) is 0 Å². The van der Waals surface area contributed by atoms with Crippen LogP contribution in [0.5, 0.6) is 0 Å². The highest BCUT2D eigenvalue weighted by Crippen LogP contribution is 2.14. The van der Waals surface area contributed by atoms with Crippen LogP contribution in [0.4, 0.5) is 0 Å². The van der Waals surface area contributed by atoms with E-state index in [1.807, 2.05) is 60.7 Å². The molecule has 2 rings (SSSR count). The van der Waals surface area contributed by atoms with Crippen molar-refractivity contribution in [2.24, 2.45) is 0 Å². The first-order valence-electron chi connectivity index (χ1n) is 6.25. The van der Waals surface area contributed by atoms with Crippen molar-refractivity contribution < 1.29 is 9.59 Å². The summed E-state index contributed by atoms with van der Waals surface area (Å²) in [6.07, 6.45) is -0.195. The minimum Gasteiger partial charge on any atom is -0.296 e. The van der Waals surface area contributed by atoms with Gasteiger partial charge in [-0.1, -0.05) is 36.4 Å². The molecule has 0 radical (unpaired) electrons. The molecule has 0 unspecified atom stereocenters. The Kier molecular flexibility index (Phi) is 6.18. The minimum atomic E-state index is -0.324. The second kappa shape index (κ2) is 8.39. The summed E-state index contributed by atoms with van der Waals surface area (Å²) in [6, 6.07) is 18.9. The van der Waals surface area contributed by atoms with E-state index < -0.39 is 0 Å². The molecule has 2 aromatic carbocycles. The molecule has 0 saturated heterocycles. The van der Waals surface area contributed by atoms with E-state index in [9.17, 15) is 9.59 Å². The van der Waals surface area contributed by atoms with Gasteiger partial charge >= 0.3 is 0 Å². The molecule has 21 heavy (non-hydrogen) atoms. The molecule has 0 saturated carbocycles. The third-order valence-electron chi connectivity index (χ3n) is 2.37. The van der Waals surface area contributed by atoms with Gasteiger partial charge in [-0.15, -0.1) is 0 Å². The second-order valence-electron chi connectivity index (χ2n) is 4.06. The predicted molar refractivity (Wildman–Crippen MR) is 85.5 cm³/mol. The molecule has 2 aromatic rings. The molecule has 0 bridgehead atoms. The smallest absolute Gasteiger partial charge is 0.239 e. The molecule has 0 atom stereocenters. The van der Waals surface area contributed by atoms with Gasteiger partial charge in [-0.3, -0.25) is 19.0 Å². The van der Waals surface area contributed by atoms with Gasteiger partial charge < -0.3 is 0 Å². The Hall–Kier alpha value is -1.92. The lowest BCUT2D eigenvalue weighted by atomic mass is 10.4. The summed E-state index contributed by atoms with van der Waals surface area (Å²) in [5.74, 6) is -0.648. The van der Waals surface area contributed by atoms with Crippen LogP contribution in [0.1, 0.15) is 6.42 Å². The van der Waals surface area contributed by atoms with Gasteiger partial charge in [-0.25, -0.2) is 0 Å². The van der Waals surface area contributed by atoms with Crippen molar-refractivity contribution in [1.82, 2.24) is 9.44 Å². The minimum absolute atomic E-state index is 0.195. The molecular formula is C15H14N2O2S2. The number of carbonyl (C=O) groups is 2. The second-order valence-corrected chi connectivity index (χ2v) is 5.82. The van der Waals surface area contributed by atoms with E-state index in [0.29, 0.717) is 0 Å². The van der Waals surface area contributed by atoms with Gasteiger partial charge in [0.1, 0.15) is 6.42 Å². The van der Waals surface area contributed by atoms with E-state index in [2.05, 4.69) is 9.44 Å². The highest BCUT2D eigenvalue weighted by atomic mass is 32.2. The molecule has 4 nitrogen and oxygen atoms in total. The standard InChI is InChI=1S/C15H14N2O2S2/c18-14(16-20-12-7-3-1-4-8-12)11-15(19)17-21-13-9-5-2-6-10-13/h1-10H,11H2,(H,16,18)(H,17,19). The maximum absolute atomic E-state index is 11.6. The number of hydrogen-bond donors (Lipinski definition) is 2. The Morgan fingerprint density at radius 1 is 0.714 bits per heavy atom. The predicted octanol–water partition coefficient (Wildman–Crippen LogP) is 3.02. The Labute approximate surface area is 132 Å². The van der Waals surface area contributed by atoms with Crippen molar-refractivity contribution in [3.05, 3.63) is 60.7 Å². The molecule has 2 amide bonds. The molecule has 6 heteroatoms. The highest BCUT2D eigenvalue weighted by Gasteiger charge is 2.09. The zero-order valence-corrected chi connectivity index (χ0v) is 12.7. The third-order valence-corrected chi connectivity index (χ3v) is 4.05. The fourth-order valence-electron chi connectivity index (χ4n) is 1.43. The van der Waals surface area contributed by atoms with Gasteiger partial charge in [0.2, 0.25) is 11.8 Å². The maximum atomic E-state index is 11.6. The summed E-state index contributed by atoms with van der Waals surface area (Å²) in [7, 11) is 0. The van der Waals surface area contributed by atoms with Gasteiger partial charge in [-0.05, 0) is 48.2 Å². The van der Waals surface area contributed by atoms with Crippen molar-refractivity contribution >= 4 is 35.7 Å². The van der Waals surface area contributed by atoms with Crippen LogP contribution >= 0.6 is 23.9 Å². The van der Waals surface area contributed by atoms with Crippen LogP contribution in [0.15, 0.2) is 70.5 Å². The van der Waals surface area contributed by atoms with Crippen molar-refractivity contribution in [2.75, 3.05) is 0 Å². The molecule has 0 fully saturated rings. The van der Waals surface area contributed by atoms with Crippen LogP contribution in [-0.2, 0) is 9.59 Å². The zero-order valence-electron chi connectivity index (χ0n) is 11.1. The monoisotopic (exact) mass is 318 g/mol. The van der Waals surface area contributed by atoms with Crippen LogP contribution in [-0.4, -0.2) is 11.8 Å². The average Bonchev–Trinajstić information content (AvgIpc) is 2.53. The number of benzene rings is 2. The van der Waals surface area contributed by atoms with E-state index in [-0.39, 0.29) is 18.2 Å². The topological polar surface area (TPSA) is 58.2 Å². The summed E-state index contributed by atoms with van der Waals surface area (Å²) in [6.45, 7) is 0. The van der Waals surface area contributed by atoms with Crippen LogP contribution < -0.4 is 9.44 Å². The Morgan fingerprint density at radius 3 is 1.48 bits per heavy atom. The lowest BCUT2D eigenvalue weighted by Crippen LogP contribution is -2.25. The summed E-state index contributed by atoms with van der Waals surface area (Å²) >= 11 is 2.40. The molecule has 0 aliphatic rings. The number of rotatable bonds is 6. The first-order chi connectivity index (χ1) is 10.2. The quantitative estimate of drug-likeness (QED) is 0.635. The number of carbonyl (C=O) groups excluding carboxylic acids is 2. The molecule has 0 heterocycles. The Morgan fingerprint density at radius 2 is 1.10 bits per heavy atom. The van der Waals surface area contributed by atoms with Gasteiger partial charge in [0.25, 0.3) is 0 Å². The number of hydrogen-bond acceptors (Lipinski definition) is 4. The molecular weight excluding hydrogens is 304 g/mol. The van der Waals surface area contributed by atoms with E-state index >= 15 is 0 Å². The SMILES string of the molecule is O=C(CC(=O)NSc1ccccc1)NSc1ccccc1.